The van der Waals surface area contributed by atoms with Crippen LogP contribution in [0.2, 0.25) is 6.04 Å². The maximum atomic E-state index is 6.10. The van der Waals surface area contributed by atoms with Crippen molar-refractivity contribution in [1.29, 1.82) is 0 Å². The molecule has 1 aromatic carbocycles. The molecular formula is C19H30N8O3Si. The number of aromatic nitrogens is 6. The summed E-state index contributed by atoms with van der Waals surface area (Å²) < 4.78 is 19.4. The summed E-state index contributed by atoms with van der Waals surface area (Å²) in [4.78, 5) is 8.53. The SMILES string of the molecule is CCO[Si](CCCn1nc(-c2ccc(-c3nc(N)n[nH]3)cc2)nc1N)(OCC)OCC. The van der Waals surface area contributed by atoms with Crippen LogP contribution in [0, 0.1) is 0 Å². The third-order valence-electron chi connectivity index (χ3n) is 4.57. The van der Waals surface area contributed by atoms with Crippen molar-refractivity contribution in [3.05, 3.63) is 24.3 Å². The summed E-state index contributed by atoms with van der Waals surface area (Å²) in [7, 11) is -2.69. The van der Waals surface area contributed by atoms with Crippen molar-refractivity contribution in [2.24, 2.45) is 0 Å². The second-order valence-electron chi connectivity index (χ2n) is 6.72. The lowest BCUT2D eigenvalue weighted by Crippen LogP contribution is -2.46. The summed E-state index contributed by atoms with van der Waals surface area (Å²) in [5, 5.41) is 11.2. The first-order valence-corrected chi connectivity index (χ1v) is 12.3. The van der Waals surface area contributed by atoms with Crippen molar-refractivity contribution in [3.63, 3.8) is 0 Å². The summed E-state index contributed by atoms with van der Waals surface area (Å²) in [5.41, 5.74) is 13.4. The Balaban J connectivity index is 1.66. The van der Waals surface area contributed by atoms with Crippen LogP contribution < -0.4 is 11.5 Å². The van der Waals surface area contributed by atoms with Crippen LogP contribution in [-0.2, 0) is 19.8 Å². The maximum Gasteiger partial charge on any atom is 0.500 e. The fourth-order valence-corrected chi connectivity index (χ4v) is 5.86. The molecule has 0 aliphatic heterocycles. The van der Waals surface area contributed by atoms with Crippen molar-refractivity contribution in [2.75, 3.05) is 31.3 Å². The Labute approximate surface area is 182 Å². The highest BCUT2D eigenvalue weighted by atomic mass is 28.4. The molecule has 0 radical (unpaired) electrons. The Morgan fingerprint density at radius 2 is 1.55 bits per heavy atom. The van der Waals surface area contributed by atoms with Gasteiger partial charge < -0.3 is 24.7 Å². The molecule has 0 atom stereocenters. The fraction of sp³-hybridized carbons (Fsp3) is 0.474. The van der Waals surface area contributed by atoms with Gasteiger partial charge in [0.1, 0.15) is 0 Å². The molecule has 0 saturated heterocycles. The molecule has 2 heterocycles. The first-order valence-electron chi connectivity index (χ1n) is 10.4. The number of nitrogen functional groups attached to an aromatic ring is 2. The summed E-state index contributed by atoms with van der Waals surface area (Å²) >= 11 is 0. The number of anilines is 2. The van der Waals surface area contributed by atoms with E-state index in [4.69, 9.17) is 24.7 Å². The number of nitrogens with one attached hydrogen (secondary N) is 1. The molecule has 0 amide bonds. The monoisotopic (exact) mass is 446 g/mol. The Hall–Kier alpha value is -2.80. The third-order valence-corrected chi connectivity index (χ3v) is 7.72. The van der Waals surface area contributed by atoms with Crippen LogP contribution in [0.3, 0.4) is 0 Å². The number of benzene rings is 1. The average Bonchev–Trinajstić information content (AvgIpc) is 3.35. The van der Waals surface area contributed by atoms with E-state index in [2.05, 4.69) is 25.3 Å². The number of hydrogen-bond donors (Lipinski definition) is 3. The Kier molecular flexibility index (Phi) is 7.73. The average molecular weight is 447 g/mol. The minimum atomic E-state index is -2.69. The first-order chi connectivity index (χ1) is 15.0. The summed E-state index contributed by atoms with van der Waals surface area (Å²) in [6, 6.07) is 8.30. The summed E-state index contributed by atoms with van der Waals surface area (Å²) in [6.07, 6.45) is 0.755. The van der Waals surface area contributed by atoms with Gasteiger partial charge in [0.25, 0.3) is 0 Å². The number of nitrogens with two attached hydrogens (primary N) is 2. The summed E-state index contributed by atoms with van der Waals surface area (Å²) in [6.45, 7) is 8.10. The van der Waals surface area contributed by atoms with Gasteiger partial charge in [-0.3, -0.25) is 5.10 Å². The van der Waals surface area contributed by atoms with Crippen LogP contribution in [-0.4, -0.2) is 58.6 Å². The molecule has 0 unspecified atom stereocenters. The fourth-order valence-electron chi connectivity index (χ4n) is 3.27. The second kappa shape index (κ2) is 10.5. The smallest absolute Gasteiger partial charge is 0.374 e. The standard InChI is InChI=1S/C19H30N8O3Si/c1-4-28-31(29-5-2,30-6-3)13-7-12-27-19(21)23-17(26-27)15-10-8-14(9-11-15)16-22-18(20)25-24-16/h8-11H,4-7,12-13H2,1-3H3,(H2,21,23,26)(H3,20,22,24,25). The van der Waals surface area contributed by atoms with Gasteiger partial charge in [-0.15, -0.1) is 10.2 Å². The highest BCUT2D eigenvalue weighted by Crippen LogP contribution is 2.23. The van der Waals surface area contributed by atoms with Gasteiger partial charge in [0.15, 0.2) is 11.6 Å². The minimum absolute atomic E-state index is 0.206. The van der Waals surface area contributed by atoms with E-state index in [-0.39, 0.29) is 5.95 Å². The van der Waals surface area contributed by atoms with Crippen LogP contribution in [0.15, 0.2) is 24.3 Å². The Morgan fingerprint density at radius 3 is 2.10 bits per heavy atom. The highest BCUT2D eigenvalue weighted by molar-refractivity contribution is 6.60. The molecule has 0 fully saturated rings. The molecule has 0 aliphatic carbocycles. The van der Waals surface area contributed by atoms with E-state index >= 15 is 0 Å². The molecule has 168 valence electrons. The van der Waals surface area contributed by atoms with E-state index in [0.29, 0.717) is 50.0 Å². The lowest BCUT2D eigenvalue weighted by molar-refractivity contribution is 0.0704. The van der Waals surface area contributed by atoms with Crippen molar-refractivity contribution in [3.8, 4) is 22.8 Å². The van der Waals surface area contributed by atoms with Gasteiger partial charge in [-0.05, 0) is 27.2 Å². The van der Waals surface area contributed by atoms with Gasteiger partial charge in [0.05, 0.1) is 0 Å². The molecule has 3 aromatic rings. The molecule has 11 nitrogen and oxygen atoms in total. The lowest BCUT2D eigenvalue weighted by atomic mass is 10.1. The number of aromatic amines is 1. The molecule has 0 spiro atoms. The number of nitrogens with zero attached hydrogens (tertiary/aromatic N) is 5. The Morgan fingerprint density at radius 1 is 0.935 bits per heavy atom. The van der Waals surface area contributed by atoms with Crippen molar-refractivity contribution in [2.45, 2.75) is 39.8 Å². The van der Waals surface area contributed by atoms with E-state index in [9.17, 15) is 0 Å². The van der Waals surface area contributed by atoms with E-state index in [1.807, 2.05) is 45.0 Å². The van der Waals surface area contributed by atoms with Crippen LogP contribution in [0.5, 0.6) is 0 Å². The highest BCUT2D eigenvalue weighted by Gasteiger charge is 2.39. The van der Waals surface area contributed by atoms with Gasteiger partial charge in [-0.25, -0.2) is 4.68 Å². The molecule has 12 heteroatoms. The van der Waals surface area contributed by atoms with Gasteiger partial charge >= 0.3 is 8.80 Å². The molecule has 0 aliphatic rings. The molecule has 31 heavy (non-hydrogen) atoms. The number of H-pyrrole nitrogens is 1. The van der Waals surface area contributed by atoms with E-state index in [1.54, 1.807) is 4.68 Å². The summed E-state index contributed by atoms with van der Waals surface area (Å²) in [5.74, 6) is 1.73. The van der Waals surface area contributed by atoms with Crippen molar-refractivity contribution in [1.82, 2.24) is 29.9 Å². The van der Waals surface area contributed by atoms with Crippen LogP contribution >= 0.6 is 0 Å². The Bertz CT molecular complexity index is 942. The van der Waals surface area contributed by atoms with E-state index in [1.165, 1.54) is 0 Å². The molecule has 3 rings (SSSR count). The molecule has 2 aromatic heterocycles. The number of aryl methyl sites for hydroxylation is 1. The van der Waals surface area contributed by atoms with Gasteiger partial charge in [0.2, 0.25) is 11.9 Å². The number of rotatable bonds is 12. The zero-order valence-corrected chi connectivity index (χ0v) is 19.2. The predicted molar refractivity (Wildman–Crippen MR) is 120 cm³/mol. The topological polar surface area (TPSA) is 152 Å². The zero-order valence-electron chi connectivity index (χ0n) is 18.2. The lowest BCUT2D eigenvalue weighted by Gasteiger charge is -2.28. The quantitative estimate of drug-likeness (QED) is 0.356. The minimum Gasteiger partial charge on any atom is -0.374 e. The van der Waals surface area contributed by atoms with E-state index in [0.717, 1.165) is 17.5 Å². The van der Waals surface area contributed by atoms with E-state index < -0.39 is 8.80 Å². The van der Waals surface area contributed by atoms with Crippen LogP contribution in [0.1, 0.15) is 27.2 Å². The van der Waals surface area contributed by atoms with Gasteiger partial charge in [0, 0.05) is 43.5 Å². The predicted octanol–water partition coefficient (Wildman–Crippen LogP) is 2.33. The van der Waals surface area contributed by atoms with Crippen LogP contribution in [0.4, 0.5) is 11.9 Å². The van der Waals surface area contributed by atoms with Gasteiger partial charge in [-0.2, -0.15) is 9.97 Å². The third kappa shape index (κ3) is 5.67. The second-order valence-corrected chi connectivity index (χ2v) is 9.45. The molecule has 5 N–H and O–H groups in total. The van der Waals surface area contributed by atoms with Crippen molar-refractivity contribution >= 4 is 20.7 Å². The zero-order chi connectivity index (χ0) is 22.3. The maximum absolute atomic E-state index is 6.10. The normalized spacial score (nSPS) is 11.8. The van der Waals surface area contributed by atoms with Gasteiger partial charge in [-0.1, -0.05) is 24.3 Å². The first kappa shape index (κ1) is 22.9. The largest absolute Gasteiger partial charge is 0.500 e. The van der Waals surface area contributed by atoms with Crippen molar-refractivity contribution < 1.29 is 13.3 Å². The molecular weight excluding hydrogens is 416 g/mol. The van der Waals surface area contributed by atoms with Crippen LogP contribution in [0.25, 0.3) is 22.8 Å². The number of hydrogen-bond acceptors (Lipinski definition) is 9. The molecule has 0 saturated carbocycles. The molecule has 0 bridgehead atoms.